The Balaban J connectivity index is 1.47. The Kier molecular flexibility index (Phi) is 5.71. The first-order valence-electron chi connectivity index (χ1n) is 10.2. The zero-order valence-electron chi connectivity index (χ0n) is 17.1. The van der Waals surface area contributed by atoms with Crippen LogP contribution in [0.5, 0.6) is 0 Å². The van der Waals surface area contributed by atoms with Gasteiger partial charge >= 0.3 is 6.18 Å². The number of halogens is 3. The smallest absolute Gasteiger partial charge is 0.381 e. The second-order valence-electron chi connectivity index (χ2n) is 7.60. The predicted molar refractivity (Wildman–Crippen MR) is 113 cm³/mol. The van der Waals surface area contributed by atoms with Crippen LogP contribution in [0.4, 0.5) is 18.9 Å². The number of hydrogen-bond acceptors (Lipinski definition) is 3. The van der Waals surface area contributed by atoms with Crippen LogP contribution in [0.25, 0.3) is 11.3 Å². The molecule has 1 amide bonds. The van der Waals surface area contributed by atoms with Crippen molar-refractivity contribution in [2.24, 2.45) is 0 Å². The van der Waals surface area contributed by atoms with E-state index in [2.05, 4.69) is 22.4 Å². The summed E-state index contributed by atoms with van der Waals surface area (Å²) < 4.78 is 38.4. The topological polar surface area (TPSA) is 61.0 Å². The number of hydrogen-bond donors (Lipinski definition) is 2. The summed E-state index contributed by atoms with van der Waals surface area (Å²) in [6.45, 7) is 4.00. The van der Waals surface area contributed by atoms with Crippen molar-refractivity contribution in [3.05, 3.63) is 70.9 Å². The first kappa shape index (κ1) is 21.0. The minimum Gasteiger partial charge on any atom is -0.381 e. The van der Waals surface area contributed by atoms with Crippen LogP contribution in [0, 0.1) is 0 Å². The monoisotopic (exact) mass is 428 g/mol. The lowest BCUT2D eigenvalue weighted by molar-refractivity contribution is -0.137. The third kappa shape index (κ3) is 4.42. The summed E-state index contributed by atoms with van der Waals surface area (Å²) in [6.07, 6.45) is -0.883. The van der Waals surface area contributed by atoms with Crippen LogP contribution in [-0.2, 0) is 19.1 Å². The number of anilines is 1. The van der Waals surface area contributed by atoms with E-state index < -0.39 is 11.7 Å². The summed E-state index contributed by atoms with van der Waals surface area (Å²) in [5.74, 6) is 0.0778. The normalized spacial score (nSPS) is 13.9. The fourth-order valence-corrected chi connectivity index (χ4v) is 3.84. The third-order valence-corrected chi connectivity index (χ3v) is 5.46. The van der Waals surface area contributed by atoms with Gasteiger partial charge in [0.25, 0.3) is 5.91 Å². The molecule has 8 heteroatoms. The molecule has 162 valence electrons. The molecule has 2 aromatic carbocycles. The summed E-state index contributed by atoms with van der Waals surface area (Å²) in [5.41, 5.74) is 4.02. The molecule has 4 rings (SSSR count). The largest absolute Gasteiger partial charge is 0.416 e. The van der Waals surface area contributed by atoms with Gasteiger partial charge in [0.2, 0.25) is 0 Å². The van der Waals surface area contributed by atoms with Crippen LogP contribution in [-0.4, -0.2) is 34.1 Å². The number of aromatic amines is 1. The Morgan fingerprint density at radius 2 is 1.94 bits per heavy atom. The van der Waals surface area contributed by atoms with Crippen LogP contribution in [0.3, 0.4) is 0 Å². The fraction of sp³-hybridized carbons (Fsp3) is 0.304. The Bertz CT molecular complexity index is 1070. The van der Waals surface area contributed by atoms with Gasteiger partial charge in [0.1, 0.15) is 0 Å². The van der Waals surface area contributed by atoms with Gasteiger partial charge in [-0.25, -0.2) is 0 Å². The lowest BCUT2D eigenvalue weighted by Crippen LogP contribution is -2.38. The van der Waals surface area contributed by atoms with Crippen molar-refractivity contribution in [3.8, 4) is 11.3 Å². The van der Waals surface area contributed by atoms with E-state index in [-0.39, 0.29) is 5.91 Å². The van der Waals surface area contributed by atoms with Crippen molar-refractivity contribution < 1.29 is 18.0 Å². The highest BCUT2D eigenvalue weighted by molar-refractivity contribution is 5.97. The number of alkyl halides is 3. The SMILES string of the molecule is CCCN1CCc2cc(NCc3c[nH]nc3-c3ccc(C(F)(F)F)cc3)ccc2C1=O. The molecule has 0 fully saturated rings. The molecule has 0 unspecified atom stereocenters. The molecule has 0 bridgehead atoms. The number of carbonyl (C=O) groups excluding carboxylic acids is 1. The molecule has 0 saturated heterocycles. The van der Waals surface area contributed by atoms with Crippen molar-refractivity contribution in [2.75, 3.05) is 18.4 Å². The first-order valence-corrected chi connectivity index (χ1v) is 10.2. The highest BCUT2D eigenvalue weighted by Gasteiger charge is 2.30. The molecule has 1 aliphatic rings. The maximum atomic E-state index is 12.8. The van der Waals surface area contributed by atoms with Gasteiger partial charge in [0.05, 0.1) is 11.3 Å². The Morgan fingerprint density at radius 1 is 1.16 bits per heavy atom. The summed E-state index contributed by atoms with van der Waals surface area (Å²) in [4.78, 5) is 14.5. The molecule has 2 N–H and O–H groups in total. The highest BCUT2D eigenvalue weighted by Crippen LogP contribution is 2.31. The number of rotatable bonds is 6. The number of aromatic nitrogens is 2. The maximum Gasteiger partial charge on any atom is 0.416 e. The highest BCUT2D eigenvalue weighted by atomic mass is 19.4. The fourth-order valence-electron chi connectivity index (χ4n) is 3.84. The number of nitrogens with one attached hydrogen (secondary N) is 2. The van der Waals surface area contributed by atoms with Crippen LogP contribution < -0.4 is 5.32 Å². The molecule has 0 atom stereocenters. The second-order valence-corrected chi connectivity index (χ2v) is 7.60. The molecule has 2 heterocycles. The van der Waals surface area contributed by atoms with Gasteiger partial charge in [0.15, 0.2) is 0 Å². The molecule has 0 radical (unpaired) electrons. The van der Waals surface area contributed by atoms with Crippen molar-refractivity contribution in [3.63, 3.8) is 0 Å². The number of nitrogens with zero attached hydrogens (tertiary/aromatic N) is 2. The van der Waals surface area contributed by atoms with E-state index >= 15 is 0 Å². The zero-order chi connectivity index (χ0) is 22.0. The molecule has 1 aromatic heterocycles. The van der Waals surface area contributed by atoms with E-state index in [0.717, 1.165) is 60.4 Å². The van der Waals surface area contributed by atoms with E-state index in [1.165, 1.54) is 12.1 Å². The summed E-state index contributed by atoms with van der Waals surface area (Å²) >= 11 is 0. The molecule has 0 spiro atoms. The Morgan fingerprint density at radius 3 is 2.65 bits per heavy atom. The van der Waals surface area contributed by atoms with Crippen molar-refractivity contribution in [2.45, 2.75) is 32.5 Å². The van der Waals surface area contributed by atoms with Gasteiger partial charge in [-0.3, -0.25) is 9.89 Å². The number of fused-ring (bicyclic) bond motifs is 1. The van der Waals surface area contributed by atoms with Gasteiger partial charge in [-0.2, -0.15) is 18.3 Å². The standard InChI is InChI=1S/C23H23F3N4O/c1-2-10-30-11-9-16-12-19(7-8-20(16)22(30)31)27-13-17-14-28-29-21(17)15-3-5-18(6-4-15)23(24,25)26/h3-8,12,14,27H,2,9-11,13H2,1H3,(H,28,29). The Hall–Kier alpha value is -3.29. The number of H-pyrrole nitrogens is 1. The van der Waals surface area contributed by atoms with E-state index in [0.29, 0.717) is 17.8 Å². The third-order valence-electron chi connectivity index (χ3n) is 5.46. The van der Waals surface area contributed by atoms with Crippen LogP contribution >= 0.6 is 0 Å². The van der Waals surface area contributed by atoms with E-state index in [1.54, 1.807) is 6.20 Å². The molecule has 0 saturated carbocycles. The molecule has 0 aliphatic carbocycles. The van der Waals surface area contributed by atoms with Gasteiger partial charge in [0, 0.05) is 48.2 Å². The molecule has 1 aliphatic heterocycles. The number of amides is 1. The zero-order valence-corrected chi connectivity index (χ0v) is 17.1. The quantitative estimate of drug-likeness (QED) is 0.573. The Labute approximate surface area is 178 Å². The van der Waals surface area contributed by atoms with Crippen LogP contribution in [0.2, 0.25) is 0 Å². The number of benzene rings is 2. The minimum absolute atomic E-state index is 0.0778. The average Bonchev–Trinajstić information content (AvgIpc) is 3.22. The molecular weight excluding hydrogens is 405 g/mol. The van der Waals surface area contributed by atoms with Crippen molar-refractivity contribution in [1.29, 1.82) is 0 Å². The van der Waals surface area contributed by atoms with Crippen molar-refractivity contribution >= 4 is 11.6 Å². The number of carbonyl (C=O) groups is 1. The summed E-state index contributed by atoms with van der Waals surface area (Å²) in [6, 6.07) is 10.7. The van der Waals surface area contributed by atoms with Crippen molar-refractivity contribution in [1.82, 2.24) is 15.1 Å². The van der Waals surface area contributed by atoms with Gasteiger partial charge < -0.3 is 10.2 Å². The second kappa shape index (κ2) is 8.45. The molecule has 3 aromatic rings. The van der Waals surface area contributed by atoms with Crippen LogP contribution in [0.15, 0.2) is 48.7 Å². The van der Waals surface area contributed by atoms with Crippen LogP contribution in [0.1, 0.15) is 40.4 Å². The van der Waals surface area contributed by atoms with Gasteiger partial charge in [-0.1, -0.05) is 19.1 Å². The van der Waals surface area contributed by atoms with E-state index in [4.69, 9.17) is 0 Å². The lowest BCUT2D eigenvalue weighted by Gasteiger charge is -2.28. The predicted octanol–water partition coefficient (Wildman–Crippen LogP) is 5.12. The van der Waals surface area contributed by atoms with E-state index in [9.17, 15) is 18.0 Å². The average molecular weight is 428 g/mol. The molecule has 5 nitrogen and oxygen atoms in total. The molecule has 31 heavy (non-hydrogen) atoms. The van der Waals surface area contributed by atoms with Gasteiger partial charge in [-0.05, 0) is 48.7 Å². The summed E-state index contributed by atoms with van der Waals surface area (Å²) in [5, 5.41) is 10.3. The van der Waals surface area contributed by atoms with E-state index in [1.807, 2.05) is 23.1 Å². The lowest BCUT2D eigenvalue weighted by atomic mass is 9.98. The minimum atomic E-state index is -4.37. The van der Waals surface area contributed by atoms with Gasteiger partial charge in [-0.15, -0.1) is 0 Å². The first-order chi connectivity index (χ1) is 14.9. The summed E-state index contributed by atoms with van der Waals surface area (Å²) in [7, 11) is 0. The maximum absolute atomic E-state index is 12.8. The molecular formula is C23H23F3N4O.